The Morgan fingerprint density at radius 2 is 2.38 bits per heavy atom. The van der Waals surface area contributed by atoms with Crippen LogP contribution in [0.1, 0.15) is 31.6 Å². The predicted molar refractivity (Wildman–Crippen MR) is 48.4 cm³/mol. The third-order valence-corrected chi connectivity index (χ3v) is 2.58. The highest BCUT2D eigenvalue weighted by molar-refractivity contribution is 4.95. The van der Waals surface area contributed by atoms with E-state index in [1.165, 1.54) is 12.8 Å². The van der Waals surface area contributed by atoms with E-state index in [-0.39, 0.29) is 11.7 Å². The Morgan fingerprint density at radius 3 is 3.00 bits per heavy atom. The summed E-state index contributed by atoms with van der Waals surface area (Å²) in [6.07, 6.45) is 2.39. The molecule has 1 aromatic rings. The lowest BCUT2D eigenvalue weighted by molar-refractivity contribution is 0.295. The molecule has 1 aromatic heterocycles. The Bertz CT molecular complexity index is 329. The van der Waals surface area contributed by atoms with Crippen LogP contribution in [0, 0.1) is 5.92 Å². The molecule has 0 bridgehead atoms. The van der Waals surface area contributed by atoms with Gasteiger partial charge in [-0.2, -0.15) is 5.10 Å². The second kappa shape index (κ2) is 3.33. The van der Waals surface area contributed by atoms with Gasteiger partial charge in [0.15, 0.2) is 0 Å². The van der Waals surface area contributed by atoms with Crippen molar-refractivity contribution in [2.75, 3.05) is 6.54 Å². The number of piperidine rings is 1. The number of hydrogen-bond acceptors (Lipinski definition) is 3. The lowest BCUT2D eigenvalue weighted by atomic mass is 9.92. The fraction of sp³-hybridized carbons (Fsp3) is 0.750. The molecule has 2 heterocycles. The number of aromatic nitrogens is 3. The van der Waals surface area contributed by atoms with Crippen LogP contribution in [0.2, 0.25) is 0 Å². The second-order valence-corrected chi connectivity index (χ2v) is 3.61. The van der Waals surface area contributed by atoms with Crippen molar-refractivity contribution in [1.29, 1.82) is 0 Å². The topological polar surface area (TPSA) is 73.6 Å². The normalized spacial score (nSPS) is 29.0. The molecule has 72 valence electrons. The van der Waals surface area contributed by atoms with Gasteiger partial charge in [-0.3, -0.25) is 4.98 Å². The highest BCUT2D eigenvalue weighted by atomic mass is 16.1. The maximum absolute atomic E-state index is 10.8. The molecule has 2 unspecified atom stereocenters. The third kappa shape index (κ3) is 1.65. The third-order valence-electron chi connectivity index (χ3n) is 2.58. The minimum absolute atomic E-state index is 0.202. The summed E-state index contributed by atoms with van der Waals surface area (Å²) in [5.41, 5.74) is -0.227. The molecule has 0 spiro atoms. The zero-order valence-electron chi connectivity index (χ0n) is 7.63. The van der Waals surface area contributed by atoms with E-state index in [1.54, 1.807) is 0 Å². The summed E-state index contributed by atoms with van der Waals surface area (Å²) >= 11 is 0. The van der Waals surface area contributed by atoms with Crippen molar-refractivity contribution in [3.05, 3.63) is 16.3 Å². The van der Waals surface area contributed by atoms with Crippen LogP contribution in [0.25, 0.3) is 0 Å². The zero-order valence-corrected chi connectivity index (χ0v) is 7.63. The Hall–Kier alpha value is -1.10. The number of aromatic amines is 2. The van der Waals surface area contributed by atoms with Crippen LogP contribution in [0.4, 0.5) is 0 Å². The lowest BCUT2D eigenvalue weighted by Crippen LogP contribution is -2.33. The average Bonchev–Trinajstić information content (AvgIpc) is 2.53. The van der Waals surface area contributed by atoms with Gasteiger partial charge in [-0.15, -0.1) is 0 Å². The molecule has 1 fully saturated rings. The first-order valence-electron chi connectivity index (χ1n) is 4.65. The Kier molecular flexibility index (Phi) is 2.18. The van der Waals surface area contributed by atoms with Gasteiger partial charge in [0.1, 0.15) is 5.82 Å². The van der Waals surface area contributed by atoms with Crippen LogP contribution >= 0.6 is 0 Å². The highest BCUT2D eigenvalue weighted by Crippen LogP contribution is 2.25. The maximum Gasteiger partial charge on any atom is 0.340 e. The van der Waals surface area contributed by atoms with Crippen LogP contribution in [0.3, 0.4) is 0 Å². The first-order valence-corrected chi connectivity index (χ1v) is 4.65. The zero-order chi connectivity index (χ0) is 9.26. The van der Waals surface area contributed by atoms with Gasteiger partial charge in [-0.25, -0.2) is 9.89 Å². The van der Waals surface area contributed by atoms with Crippen LogP contribution in [0.15, 0.2) is 4.79 Å². The van der Waals surface area contributed by atoms with Crippen LogP contribution in [-0.2, 0) is 0 Å². The van der Waals surface area contributed by atoms with E-state index < -0.39 is 0 Å². The Labute approximate surface area is 75.9 Å². The number of hydrogen-bond donors (Lipinski definition) is 3. The molecule has 13 heavy (non-hydrogen) atoms. The first kappa shape index (κ1) is 8.50. The Morgan fingerprint density at radius 1 is 1.54 bits per heavy atom. The molecule has 5 nitrogen and oxygen atoms in total. The predicted octanol–water partition coefficient (Wildman–Crippen LogP) is 0.159. The van der Waals surface area contributed by atoms with E-state index in [0.717, 1.165) is 12.4 Å². The molecule has 2 atom stereocenters. The number of H-pyrrole nitrogens is 2. The summed E-state index contributed by atoms with van der Waals surface area (Å²) < 4.78 is 0. The smallest absolute Gasteiger partial charge is 0.307 e. The molecule has 1 aliphatic heterocycles. The van der Waals surface area contributed by atoms with E-state index >= 15 is 0 Å². The van der Waals surface area contributed by atoms with E-state index in [1.807, 2.05) is 0 Å². The highest BCUT2D eigenvalue weighted by Gasteiger charge is 2.24. The molecule has 1 saturated heterocycles. The maximum atomic E-state index is 10.8. The first-order chi connectivity index (χ1) is 6.27. The Balaban J connectivity index is 2.19. The van der Waals surface area contributed by atoms with Crippen LogP contribution in [-0.4, -0.2) is 21.7 Å². The van der Waals surface area contributed by atoms with Crippen molar-refractivity contribution in [2.45, 2.75) is 25.8 Å². The fourth-order valence-electron chi connectivity index (χ4n) is 1.85. The molecule has 0 aliphatic carbocycles. The molecular weight excluding hydrogens is 168 g/mol. The summed E-state index contributed by atoms with van der Waals surface area (Å²) in [5, 5.41) is 9.67. The number of rotatable bonds is 1. The van der Waals surface area contributed by atoms with Gasteiger partial charge < -0.3 is 5.32 Å². The molecule has 1 aliphatic rings. The number of nitrogens with zero attached hydrogens (tertiary/aromatic N) is 1. The van der Waals surface area contributed by atoms with Crippen LogP contribution in [0.5, 0.6) is 0 Å². The van der Waals surface area contributed by atoms with Crippen molar-refractivity contribution < 1.29 is 0 Å². The van der Waals surface area contributed by atoms with Gasteiger partial charge in [-0.1, -0.05) is 6.92 Å². The van der Waals surface area contributed by atoms with E-state index in [9.17, 15) is 4.79 Å². The molecule has 0 aromatic carbocycles. The van der Waals surface area contributed by atoms with E-state index in [2.05, 4.69) is 27.4 Å². The molecule has 0 amide bonds. The molecule has 0 radical (unpaired) electrons. The standard InChI is InChI=1S/C8H14N4O/c1-5-3-2-4-9-6(5)7-10-8(13)12-11-7/h5-6,9H,2-4H2,1H3,(H2,10,11,12,13). The quantitative estimate of drug-likeness (QED) is 0.579. The van der Waals surface area contributed by atoms with Crippen molar-refractivity contribution in [1.82, 2.24) is 20.5 Å². The molecule has 0 saturated carbocycles. The SMILES string of the molecule is CC1CCCNC1c1n[nH]c(=O)[nH]1. The molecule has 5 heteroatoms. The summed E-state index contributed by atoms with van der Waals surface area (Å²) in [6.45, 7) is 3.17. The summed E-state index contributed by atoms with van der Waals surface area (Å²) in [6, 6.07) is 0.202. The summed E-state index contributed by atoms with van der Waals surface area (Å²) in [5.74, 6) is 1.27. The monoisotopic (exact) mass is 182 g/mol. The van der Waals surface area contributed by atoms with Gasteiger partial charge in [0.05, 0.1) is 6.04 Å². The minimum Gasteiger partial charge on any atom is -0.307 e. The van der Waals surface area contributed by atoms with Gasteiger partial charge >= 0.3 is 5.69 Å². The second-order valence-electron chi connectivity index (χ2n) is 3.61. The minimum atomic E-state index is -0.227. The van der Waals surface area contributed by atoms with Gasteiger partial charge in [0, 0.05) is 0 Å². The van der Waals surface area contributed by atoms with Crippen molar-refractivity contribution in [3.8, 4) is 0 Å². The largest absolute Gasteiger partial charge is 0.340 e. The van der Waals surface area contributed by atoms with E-state index in [0.29, 0.717) is 5.92 Å². The lowest BCUT2D eigenvalue weighted by Gasteiger charge is -2.27. The average molecular weight is 182 g/mol. The molecule has 2 rings (SSSR count). The van der Waals surface area contributed by atoms with Crippen molar-refractivity contribution in [3.63, 3.8) is 0 Å². The van der Waals surface area contributed by atoms with Crippen molar-refractivity contribution in [2.24, 2.45) is 5.92 Å². The van der Waals surface area contributed by atoms with Gasteiger partial charge in [-0.05, 0) is 25.3 Å². The van der Waals surface area contributed by atoms with E-state index in [4.69, 9.17) is 0 Å². The van der Waals surface area contributed by atoms with Gasteiger partial charge in [0.2, 0.25) is 0 Å². The fourth-order valence-corrected chi connectivity index (χ4v) is 1.85. The molecular formula is C8H14N4O. The van der Waals surface area contributed by atoms with Gasteiger partial charge in [0.25, 0.3) is 0 Å². The number of nitrogens with one attached hydrogen (secondary N) is 3. The molecule has 3 N–H and O–H groups in total. The van der Waals surface area contributed by atoms with Crippen molar-refractivity contribution >= 4 is 0 Å². The summed E-state index contributed by atoms with van der Waals surface area (Å²) in [4.78, 5) is 13.5. The van der Waals surface area contributed by atoms with Crippen LogP contribution < -0.4 is 11.0 Å². The summed E-state index contributed by atoms with van der Waals surface area (Å²) in [7, 11) is 0.